The number of oxazole rings is 1. The monoisotopic (exact) mass is 549 g/mol. The van der Waals surface area contributed by atoms with Crippen molar-refractivity contribution in [1.29, 1.82) is 0 Å². The highest BCUT2D eigenvalue weighted by atomic mass is 19.4. The number of aliphatic hydroxyl groups is 1. The summed E-state index contributed by atoms with van der Waals surface area (Å²) in [5.74, 6) is -2.90. The number of rotatable bonds is 7. The molecule has 2 unspecified atom stereocenters. The van der Waals surface area contributed by atoms with Crippen molar-refractivity contribution < 1.29 is 41.8 Å². The largest absolute Gasteiger partial charge is 0.494 e. The zero-order chi connectivity index (χ0) is 28.9. The number of nitrogens with two attached hydrogens (primary N) is 1. The van der Waals surface area contributed by atoms with Crippen LogP contribution in [-0.2, 0) is 15.7 Å². The summed E-state index contributed by atoms with van der Waals surface area (Å²) in [5, 5.41) is 10.9. The van der Waals surface area contributed by atoms with Crippen LogP contribution < -0.4 is 10.5 Å². The van der Waals surface area contributed by atoms with E-state index in [-0.39, 0.29) is 52.4 Å². The fourth-order valence-electron chi connectivity index (χ4n) is 4.97. The summed E-state index contributed by atoms with van der Waals surface area (Å²) in [7, 11) is 1.31. The number of carbonyl (C=O) groups excluding carboxylic acids is 2. The number of fused-ring (bicyclic) bond motifs is 1. The Labute approximate surface area is 222 Å². The standard InChI is InChI=1S/C27H30F3N3O6/c1-12(2)38-25(35)17-11-26(4,36)10-16(17)22(34)21-23(13(3)31)39-24(33-21)15-6-8-18(37-5)20-14(15)7-9-19(32-20)27(28,29)30/h6-9,12-13,16-17,36H,10-11,31H2,1-5H3/t13-,16?,17+,26?/m0/s1. The number of nitrogens with zero attached hydrogens (tertiary/aromatic N) is 2. The van der Waals surface area contributed by atoms with Gasteiger partial charge in [-0.25, -0.2) is 9.97 Å². The molecule has 1 aliphatic rings. The van der Waals surface area contributed by atoms with Crippen LogP contribution in [0.25, 0.3) is 22.4 Å². The molecule has 0 spiro atoms. The van der Waals surface area contributed by atoms with Crippen molar-refractivity contribution in [3.05, 3.63) is 41.4 Å². The zero-order valence-corrected chi connectivity index (χ0v) is 22.1. The average Bonchev–Trinajstić information content (AvgIpc) is 3.43. The molecule has 12 heteroatoms. The Morgan fingerprint density at radius 1 is 1.13 bits per heavy atom. The van der Waals surface area contributed by atoms with Gasteiger partial charge in [-0.05, 0) is 64.8 Å². The van der Waals surface area contributed by atoms with Crippen molar-refractivity contribution >= 4 is 22.7 Å². The fraction of sp³-hybridized carbons (Fsp3) is 0.481. The lowest BCUT2D eigenvalue weighted by molar-refractivity contribution is -0.153. The van der Waals surface area contributed by atoms with E-state index in [0.717, 1.165) is 6.07 Å². The first-order chi connectivity index (χ1) is 18.1. The number of methoxy groups -OCH3 is 1. The molecule has 0 aliphatic heterocycles. The van der Waals surface area contributed by atoms with Crippen LogP contribution in [0.4, 0.5) is 13.2 Å². The molecule has 1 fully saturated rings. The highest BCUT2D eigenvalue weighted by Gasteiger charge is 2.50. The molecule has 0 amide bonds. The maximum absolute atomic E-state index is 13.8. The maximum Gasteiger partial charge on any atom is 0.433 e. The topological polar surface area (TPSA) is 138 Å². The lowest BCUT2D eigenvalue weighted by Crippen LogP contribution is -2.29. The van der Waals surface area contributed by atoms with E-state index in [4.69, 9.17) is 19.6 Å². The van der Waals surface area contributed by atoms with Crippen molar-refractivity contribution in [2.45, 2.75) is 64.5 Å². The molecule has 9 nitrogen and oxygen atoms in total. The molecular formula is C27H30F3N3O6. The smallest absolute Gasteiger partial charge is 0.433 e. The molecule has 39 heavy (non-hydrogen) atoms. The summed E-state index contributed by atoms with van der Waals surface area (Å²) < 4.78 is 56.5. The number of esters is 1. The molecule has 0 radical (unpaired) electrons. The van der Waals surface area contributed by atoms with Gasteiger partial charge in [0.1, 0.15) is 17.0 Å². The van der Waals surface area contributed by atoms with Crippen LogP contribution in [0.2, 0.25) is 0 Å². The Balaban J connectivity index is 1.81. The molecule has 0 saturated heterocycles. The first-order valence-corrected chi connectivity index (χ1v) is 12.4. The zero-order valence-electron chi connectivity index (χ0n) is 22.1. The van der Waals surface area contributed by atoms with Crippen LogP contribution >= 0.6 is 0 Å². The summed E-state index contributed by atoms with van der Waals surface area (Å²) in [6.07, 6.45) is -5.05. The average molecular weight is 550 g/mol. The number of ether oxygens (including phenoxy) is 2. The molecule has 1 aliphatic carbocycles. The second kappa shape index (κ2) is 10.2. The van der Waals surface area contributed by atoms with Gasteiger partial charge < -0.3 is 24.7 Å². The van der Waals surface area contributed by atoms with Crippen LogP contribution in [0.3, 0.4) is 0 Å². The summed E-state index contributed by atoms with van der Waals surface area (Å²) in [6, 6.07) is 4.23. The molecule has 4 atom stereocenters. The molecule has 2 aromatic heterocycles. The number of Topliss-reactive ketones (excluding diaryl/α,β-unsaturated/α-hetero) is 1. The Hall–Kier alpha value is -3.51. The number of hydrogen-bond donors (Lipinski definition) is 2. The number of benzene rings is 1. The third-order valence-corrected chi connectivity index (χ3v) is 6.66. The van der Waals surface area contributed by atoms with Crippen molar-refractivity contribution in [2.24, 2.45) is 17.6 Å². The second-order valence-electron chi connectivity index (χ2n) is 10.4. The van der Waals surface area contributed by atoms with E-state index in [2.05, 4.69) is 9.97 Å². The summed E-state index contributed by atoms with van der Waals surface area (Å²) in [6.45, 7) is 6.50. The molecule has 210 valence electrons. The van der Waals surface area contributed by atoms with Crippen molar-refractivity contribution in [3.8, 4) is 17.2 Å². The molecular weight excluding hydrogens is 519 g/mol. The Morgan fingerprint density at radius 3 is 2.38 bits per heavy atom. The van der Waals surface area contributed by atoms with E-state index >= 15 is 0 Å². The van der Waals surface area contributed by atoms with Crippen molar-refractivity contribution in [3.63, 3.8) is 0 Å². The minimum absolute atomic E-state index is 0.000113. The van der Waals surface area contributed by atoms with E-state index in [1.54, 1.807) is 27.7 Å². The number of aromatic nitrogens is 2. The predicted molar refractivity (Wildman–Crippen MR) is 134 cm³/mol. The molecule has 3 aromatic rings. The van der Waals surface area contributed by atoms with E-state index in [0.29, 0.717) is 0 Å². The van der Waals surface area contributed by atoms with Crippen LogP contribution in [0.5, 0.6) is 5.75 Å². The van der Waals surface area contributed by atoms with E-state index in [1.807, 2.05) is 0 Å². The first kappa shape index (κ1) is 28.5. The Kier molecular flexibility index (Phi) is 7.48. The van der Waals surface area contributed by atoms with Crippen LogP contribution in [-0.4, -0.2) is 45.6 Å². The van der Waals surface area contributed by atoms with Crippen LogP contribution in [0.15, 0.2) is 28.7 Å². The minimum Gasteiger partial charge on any atom is -0.494 e. The third kappa shape index (κ3) is 5.62. The molecule has 3 N–H and O–H groups in total. The third-order valence-electron chi connectivity index (χ3n) is 6.66. The normalized spacial score (nSPS) is 22.3. The number of carbonyl (C=O) groups is 2. The summed E-state index contributed by atoms with van der Waals surface area (Å²) in [4.78, 5) is 34.7. The van der Waals surface area contributed by atoms with Crippen molar-refractivity contribution in [1.82, 2.24) is 9.97 Å². The summed E-state index contributed by atoms with van der Waals surface area (Å²) in [5.41, 5.74) is 3.80. The van der Waals surface area contributed by atoms with Gasteiger partial charge in [0.05, 0.1) is 30.8 Å². The molecule has 1 saturated carbocycles. The van der Waals surface area contributed by atoms with Gasteiger partial charge in [-0.3, -0.25) is 9.59 Å². The van der Waals surface area contributed by atoms with Gasteiger partial charge >= 0.3 is 12.1 Å². The van der Waals surface area contributed by atoms with Gasteiger partial charge in [0.25, 0.3) is 0 Å². The van der Waals surface area contributed by atoms with Crippen LogP contribution in [0.1, 0.15) is 68.5 Å². The SMILES string of the molecule is COc1ccc(-c2nc(C(=O)C3CC(C)(O)C[C@H]3C(=O)OC(C)C)c([C@H](C)N)o2)c2ccc(C(F)(F)F)nc12. The number of halogens is 3. The molecule has 2 heterocycles. The maximum atomic E-state index is 13.8. The molecule has 1 aromatic carbocycles. The van der Waals surface area contributed by atoms with E-state index in [1.165, 1.54) is 25.3 Å². The van der Waals surface area contributed by atoms with Gasteiger partial charge in [-0.2, -0.15) is 13.2 Å². The number of pyridine rings is 1. The van der Waals surface area contributed by atoms with E-state index < -0.39 is 53.2 Å². The first-order valence-electron chi connectivity index (χ1n) is 12.4. The van der Waals surface area contributed by atoms with Gasteiger partial charge in [-0.1, -0.05) is 0 Å². The van der Waals surface area contributed by atoms with Gasteiger partial charge in [0.2, 0.25) is 5.89 Å². The molecule has 0 bridgehead atoms. The Morgan fingerprint density at radius 2 is 1.79 bits per heavy atom. The lowest BCUT2D eigenvalue weighted by atomic mass is 9.89. The Bertz CT molecular complexity index is 1410. The second-order valence-corrected chi connectivity index (χ2v) is 10.4. The van der Waals surface area contributed by atoms with Crippen molar-refractivity contribution in [2.75, 3.05) is 7.11 Å². The number of alkyl halides is 3. The van der Waals surface area contributed by atoms with Gasteiger partial charge in [0, 0.05) is 16.9 Å². The number of hydrogen-bond acceptors (Lipinski definition) is 9. The highest BCUT2D eigenvalue weighted by Crippen LogP contribution is 2.43. The van der Waals surface area contributed by atoms with Gasteiger partial charge in [0.15, 0.2) is 17.2 Å². The highest BCUT2D eigenvalue weighted by molar-refractivity contribution is 6.01. The minimum atomic E-state index is -4.67. The van der Waals surface area contributed by atoms with Gasteiger partial charge in [-0.15, -0.1) is 0 Å². The summed E-state index contributed by atoms with van der Waals surface area (Å²) >= 11 is 0. The van der Waals surface area contributed by atoms with Crippen LogP contribution in [0, 0.1) is 11.8 Å². The lowest BCUT2D eigenvalue weighted by Gasteiger charge is -2.18. The van der Waals surface area contributed by atoms with E-state index in [9.17, 15) is 27.9 Å². The predicted octanol–water partition coefficient (Wildman–Crippen LogP) is 4.85. The molecule has 4 rings (SSSR count). The quantitative estimate of drug-likeness (QED) is 0.313. The number of ketones is 1. The fourth-order valence-corrected chi connectivity index (χ4v) is 4.97.